The maximum atomic E-state index is 13.0. The van der Waals surface area contributed by atoms with Crippen LogP contribution in [0.3, 0.4) is 0 Å². The van der Waals surface area contributed by atoms with Crippen LogP contribution in [0.2, 0.25) is 10.0 Å². The SMILES string of the molecule is O=C1/C(=C/c2ccc(Cl)c(Cl)c2)Oc2c1ccc(O)c2CN1CCCC[C@H]1c1cccnc1. The second-order valence-electron chi connectivity index (χ2n) is 8.32. The molecule has 2 aliphatic heterocycles. The number of carbonyl (C=O) groups is 1. The summed E-state index contributed by atoms with van der Waals surface area (Å²) in [6, 6.07) is 12.5. The zero-order valence-corrected chi connectivity index (χ0v) is 19.3. The van der Waals surface area contributed by atoms with Gasteiger partial charge in [0, 0.05) is 25.0 Å². The standard InChI is InChI=1S/C26H22Cl2N2O3/c27-20-8-6-16(12-21(20)28)13-24-25(32)18-7-9-23(31)19(26(18)33-24)15-30-11-2-1-5-22(30)17-4-3-10-29-14-17/h3-4,6-10,12-14,22,31H,1-2,5,11,15H2/b24-13-/t22-/m0/s1. The van der Waals surface area contributed by atoms with Crippen LogP contribution in [0.4, 0.5) is 0 Å². The molecule has 168 valence electrons. The summed E-state index contributed by atoms with van der Waals surface area (Å²) in [4.78, 5) is 19.6. The molecule has 1 N–H and O–H groups in total. The van der Waals surface area contributed by atoms with Gasteiger partial charge in [0.05, 0.1) is 21.2 Å². The number of piperidine rings is 1. The van der Waals surface area contributed by atoms with Gasteiger partial charge in [-0.1, -0.05) is 41.8 Å². The summed E-state index contributed by atoms with van der Waals surface area (Å²) in [7, 11) is 0. The van der Waals surface area contributed by atoms with E-state index in [0.29, 0.717) is 39.0 Å². The number of phenolic OH excluding ortho intramolecular Hbond substituents is 1. The number of phenols is 1. The van der Waals surface area contributed by atoms with Gasteiger partial charge in [-0.3, -0.25) is 14.7 Å². The minimum absolute atomic E-state index is 0.118. The fourth-order valence-electron chi connectivity index (χ4n) is 4.54. The summed E-state index contributed by atoms with van der Waals surface area (Å²) in [5, 5.41) is 11.6. The number of aromatic hydroxyl groups is 1. The van der Waals surface area contributed by atoms with Gasteiger partial charge in [0.2, 0.25) is 5.78 Å². The van der Waals surface area contributed by atoms with Crippen LogP contribution in [-0.4, -0.2) is 27.3 Å². The van der Waals surface area contributed by atoms with Crippen molar-refractivity contribution in [2.24, 2.45) is 0 Å². The van der Waals surface area contributed by atoms with Gasteiger partial charge < -0.3 is 9.84 Å². The van der Waals surface area contributed by atoms with Crippen LogP contribution in [0, 0.1) is 0 Å². The van der Waals surface area contributed by atoms with Crippen molar-refractivity contribution in [2.45, 2.75) is 31.8 Å². The highest BCUT2D eigenvalue weighted by Gasteiger charge is 2.33. The van der Waals surface area contributed by atoms with Crippen LogP contribution in [-0.2, 0) is 6.54 Å². The highest BCUT2D eigenvalue weighted by molar-refractivity contribution is 6.42. The maximum absolute atomic E-state index is 13.0. The Morgan fingerprint density at radius 2 is 2.03 bits per heavy atom. The number of ketones is 1. The van der Waals surface area contributed by atoms with E-state index in [9.17, 15) is 9.90 Å². The molecule has 3 aromatic rings. The first-order chi connectivity index (χ1) is 16.0. The van der Waals surface area contributed by atoms with E-state index in [2.05, 4.69) is 16.0 Å². The Bertz CT molecular complexity index is 1240. The molecule has 1 atom stereocenters. The van der Waals surface area contributed by atoms with Crippen LogP contribution < -0.4 is 4.74 Å². The summed E-state index contributed by atoms with van der Waals surface area (Å²) in [5.41, 5.74) is 2.93. The Morgan fingerprint density at radius 1 is 1.15 bits per heavy atom. The minimum atomic E-state index is -0.222. The first-order valence-corrected chi connectivity index (χ1v) is 11.6. The number of carbonyl (C=O) groups excluding carboxylic acids is 1. The third kappa shape index (κ3) is 4.36. The number of fused-ring (bicyclic) bond motifs is 1. The third-order valence-electron chi connectivity index (χ3n) is 6.20. The molecule has 0 unspecified atom stereocenters. The van der Waals surface area contributed by atoms with Crippen LogP contribution in [0.25, 0.3) is 6.08 Å². The van der Waals surface area contributed by atoms with Crippen molar-refractivity contribution in [3.63, 3.8) is 0 Å². The zero-order valence-electron chi connectivity index (χ0n) is 17.8. The number of Topliss-reactive ketones (excluding diaryl/α,β-unsaturated/α-hetero) is 1. The number of allylic oxidation sites excluding steroid dienone is 1. The number of hydrogen-bond donors (Lipinski definition) is 1. The van der Waals surface area contributed by atoms with E-state index in [-0.39, 0.29) is 23.3 Å². The minimum Gasteiger partial charge on any atom is -0.507 e. The number of likely N-dealkylation sites (tertiary alicyclic amines) is 1. The first-order valence-electron chi connectivity index (χ1n) is 10.9. The maximum Gasteiger partial charge on any atom is 0.231 e. The molecule has 0 aliphatic carbocycles. The van der Waals surface area contributed by atoms with Crippen molar-refractivity contribution in [1.82, 2.24) is 9.88 Å². The first kappa shape index (κ1) is 22.0. The smallest absolute Gasteiger partial charge is 0.231 e. The third-order valence-corrected chi connectivity index (χ3v) is 6.94. The predicted molar refractivity (Wildman–Crippen MR) is 129 cm³/mol. The molecule has 1 saturated heterocycles. The second-order valence-corrected chi connectivity index (χ2v) is 9.14. The number of nitrogens with zero attached hydrogens (tertiary/aromatic N) is 2. The molecule has 0 radical (unpaired) electrons. The average molecular weight is 481 g/mol. The number of aromatic nitrogens is 1. The normalized spacial score (nSPS) is 19.5. The number of halogens is 2. The Labute approximate surface area is 202 Å². The Morgan fingerprint density at radius 3 is 2.82 bits per heavy atom. The molecule has 5 nitrogen and oxygen atoms in total. The van der Waals surface area contributed by atoms with Crippen molar-refractivity contribution in [1.29, 1.82) is 0 Å². The number of benzene rings is 2. The van der Waals surface area contributed by atoms with Crippen molar-refractivity contribution >= 4 is 35.1 Å². The molecule has 5 rings (SSSR count). The van der Waals surface area contributed by atoms with E-state index >= 15 is 0 Å². The van der Waals surface area contributed by atoms with Crippen LogP contribution in [0.1, 0.15) is 52.4 Å². The number of ether oxygens (including phenoxy) is 1. The topological polar surface area (TPSA) is 62.7 Å². The van der Waals surface area contributed by atoms with Gasteiger partial charge in [-0.05, 0) is 66.9 Å². The molecule has 0 spiro atoms. The van der Waals surface area contributed by atoms with E-state index in [4.69, 9.17) is 27.9 Å². The molecular weight excluding hydrogens is 459 g/mol. The molecular formula is C26H22Cl2N2O3. The molecule has 0 amide bonds. The number of hydrogen-bond acceptors (Lipinski definition) is 5. The van der Waals surface area contributed by atoms with Gasteiger partial charge in [-0.25, -0.2) is 0 Å². The van der Waals surface area contributed by atoms with Crippen molar-refractivity contribution < 1.29 is 14.6 Å². The lowest BCUT2D eigenvalue weighted by molar-refractivity contribution is 0.101. The summed E-state index contributed by atoms with van der Waals surface area (Å²) in [6.07, 6.45) is 8.55. The van der Waals surface area contributed by atoms with Gasteiger partial charge in [-0.2, -0.15) is 0 Å². The number of pyridine rings is 1. The van der Waals surface area contributed by atoms with E-state index in [1.54, 1.807) is 42.6 Å². The highest BCUT2D eigenvalue weighted by Crippen LogP contribution is 2.42. The zero-order chi connectivity index (χ0) is 22.9. The molecule has 2 aliphatic rings. The molecule has 33 heavy (non-hydrogen) atoms. The summed E-state index contributed by atoms with van der Waals surface area (Å²) >= 11 is 12.1. The van der Waals surface area contributed by atoms with Gasteiger partial charge in [0.15, 0.2) is 5.76 Å². The van der Waals surface area contributed by atoms with E-state index in [0.717, 1.165) is 31.4 Å². The van der Waals surface area contributed by atoms with Gasteiger partial charge in [0.1, 0.15) is 11.5 Å². The van der Waals surface area contributed by atoms with Crippen LogP contribution in [0.15, 0.2) is 60.6 Å². The summed E-state index contributed by atoms with van der Waals surface area (Å²) in [6.45, 7) is 1.37. The van der Waals surface area contributed by atoms with E-state index in [1.165, 1.54) is 0 Å². The van der Waals surface area contributed by atoms with Crippen LogP contribution >= 0.6 is 23.2 Å². The highest BCUT2D eigenvalue weighted by atomic mass is 35.5. The van der Waals surface area contributed by atoms with Crippen molar-refractivity contribution in [3.8, 4) is 11.5 Å². The molecule has 1 fully saturated rings. The van der Waals surface area contributed by atoms with Gasteiger partial charge >= 0.3 is 0 Å². The van der Waals surface area contributed by atoms with Gasteiger partial charge in [0.25, 0.3) is 0 Å². The van der Waals surface area contributed by atoms with Crippen LogP contribution in [0.5, 0.6) is 11.5 Å². The fourth-order valence-corrected chi connectivity index (χ4v) is 4.84. The predicted octanol–water partition coefficient (Wildman–Crippen LogP) is 6.44. The molecule has 3 heterocycles. The lowest BCUT2D eigenvalue weighted by Gasteiger charge is -2.36. The quantitative estimate of drug-likeness (QED) is 0.435. The molecule has 2 aromatic carbocycles. The number of rotatable bonds is 4. The Kier molecular flexibility index (Phi) is 6.11. The Hall–Kier alpha value is -2.86. The fraction of sp³-hybridized carbons (Fsp3) is 0.231. The monoisotopic (exact) mass is 480 g/mol. The van der Waals surface area contributed by atoms with E-state index < -0.39 is 0 Å². The van der Waals surface area contributed by atoms with E-state index in [1.807, 2.05) is 12.3 Å². The van der Waals surface area contributed by atoms with Gasteiger partial charge in [-0.15, -0.1) is 0 Å². The lowest BCUT2D eigenvalue weighted by atomic mass is 9.95. The largest absolute Gasteiger partial charge is 0.507 e. The molecule has 1 aromatic heterocycles. The van der Waals surface area contributed by atoms with Crippen molar-refractivity contribution in [2.75, 3.05) is 6.54 Å². The summed E-state index contributed by atoms with van der Waals surface area (Å²) < 4.78 is 6.02. The average Bonchev–Trinajstić information content (AvgIpc) is 3.14. The molecule has 7 heteroatoms. The Balaban J connectivity index is 1.46. The molecule has 0 saturated carbocycles. The van der Waals surface area contributed by atoms with Crippen molar-refractivity contribution in [3.05, 3.63) is 92.9 Å². The molecule has 0 bridgehead atoms. The second kappa shape index (κ2) is 9.18. The summed E-state index contributed by atoms with van der Waals surface area (Å²) in [5.74, 6) is 0.507. The lowest BCUT2D eigenvalue weighted by Crippen LogP contribution is -2.33.